The largest absolute Gasteiger partial charge is 0.330 e. The van der Waals surface area contributed by atoms with Crippen LogP contribution in [0, 0.1) is 41.5 Å². The zero-order valence-corrected chi connectivity index (χ0v) is 31.0. The fourth-order valence-electron chi connectivity index (χ4n) is 5.95. The van der Waals surface area contributed by atoms with Gasteiger partial charge in [0.2, 0.25) is 0 Å². The third kappa shape index (κ3) is 13.6. The molecule has 0 radical (unpaired) electrons. The third-order valence-electron chi connectivity index (χ3n) is 7.98. The van der Waals surface area contributed by atoms with Crippen LogP contribution in [0.5, 0.6) is 0 Å². The number of hydrogen-bond acceptors (Lipinski definition) is 3. The number of aromatic nitrogens is 2. The van der Waals surface area contributed by atoms with Gasteiger partial charge in [-0.15, -0.1) is 0 Å². The van der Waals surface area contributed by atoms with Crippen molar-refractivity contribution < 1.29 is 0 Å². The Kier molecular flexibility index (Phi) is 18.0. The van der Waals surface area contributed by atoms with Crippen LogP contribution in [0.25, 0.3) is 22.5 Å². The van der Waals surface area contributed by atoms with Crippen LogP contribution in [0.4, 0.5) is 0 Å². The lowest BCUT2D eigenvalue weighted by Crippen LogP contribution is -1.97. The monoisotopic (exact) mass is 671 g/mol. The number of aryl methyl sites for hydroxylation is 7. The summed E-state index contributed by atoms with van der Waals surface area (Å²) in [6.07, 6.45) is 12.9. The van der Waals surface area contributed by atoms with Crippen molar-refractivity contribution in [2.24, 2.45) is 5.73 Å². The highest BCUT2D eigenvalue weighted by atomic mass is 79.9. The quantitative estimate of drug-likeness (QED) is 0.120. The lowest BCUT2D eigenvalue weighted by molar-refractivity contribution is 0.628. The average molecular weight is 673 g/mol. The lowest BCUT2D eigenvalue weighted by Gasteiger charge is -2.12. The van der Waals surface area contributed by atoms with Crippen LogP contribution in [0.2, 0.25) is 0 Å². The third-order valence-corrected chi connectivity index (χ3v) is 8.42. The summed E-state index contributed by atoms with van der Waals surface area (Å²) in [5, 5.41) is 0. The molecule has 3 nitrogen and oxygen atoms in total. The number of nitrogens with two attached hydrogens (primary N) is 1. The molecule has 0 spiro atoms. The Bertz CT molecular complexity index is 1390. The van der Waals surface area contributed by atoms with Gasteiger partial charge in [0.05, 0.1) is 11.4 Å². The molecule has 4 heteroatoms. The minimum Gasteiger partial charge on any atom is -0.330 e. The van der Waals surface area contributed by atoms with Crippen molar-refractivity contribution in [3.05, 3.63) is 104 Å². The Morgan fingerprint density at radius 3 is 1.47 bits per heavy atom. The zero-order valence-electron chi connectivity index (χ0n) is 29.4. The Morgan fingerprint density at radius 2 is 1.00 bits per heavy atom. The molecule has 4 aromatic rings. The Hall–Kier alpha value is -2.82. The zero-order chi connectivity index (χ0) is 33.2. The van der Waals surface area contributed by atoms with E-state index in [4.69, 9.17) is 10.7 Å². The first kappa shape index (κ1) is 38.4. The maximum absolute atomic E-state index is 5.27. The van der Waals surface area contributed by atoms with E-state index in [9.17, 15) is 0 Å². The molecule has 0 atom stereocenters. The number of hydrogen-bond donors (Lipinski definition) is 1. The maximum Gasteiger partial charge on any atom is 0.106 e. The topological polar surface area (TPSA) is 51.8 Å². The van der Waals surface area contributed by atoms with Crippen LogP contribution in [0.3, 0.4) is 0 Å². The van der Waals surface area contributed by atoms with E-state index in [1.54, 1.807) is 0 Å². The fraction of sp³-hybridized carbons (Fsp3) is 0.463. The van der Waals surface area contributed by atoms with Gasteiger partial charge in [0, 0.05) is 16.8 Å². The predicted octanol–water partition coefficient (Wildman–Crippen LogP) is 12.1. The summed E-state index contributed by atoms with van der Waals surface area (Å²) in [5.41, 5.74) is 19.0. The Labute approximate surface area is 283 Å². The summed E-state index contributed by atoms with van der Waals surface area (Å²) in [5.74, 6) is 0. The van der Waals surface area contributed by atoms with Crippen LogP contribution in [0.15, 0.2) is 65.3 Å². The van der Waals surface area contributed by atoms with Crippen molar-refractivity contribution >= 4 is 15.9 Å². The van der Waals surface area contributed by atoms with Crippen LogP contribution in [-0.4, -0.2) is 16.5 Å². The molecule has 0 saturated heterocycles. The summed E-state index contributed by atoms with van der Waals surface area (Å²) in [7, 11) is 0. The Balaban J connectivity index is 0.000000267. The SMILES string of the molecule is CCCCCCCc1cccc(-c2c(C)cc(C)cc2C)n1.CCCCCCN.Cc1cc(C)c(-c2cccc(Br)n2)c(C)c1. The smallest absolute Gasteiger partial charge is 0.106 e. The van der Waals surface area contributed by atoms with Gasteiger partial charge in [-0.25, -0.2) is 4.98 Å². The molecule has 2 aromatic carbocycles. The van der Waals surface area contributed by atoms with Crippen LogP contribution in [-0.2, 0) is 6.42 Å². The van der Waals surface area contributed by atoms with Crippen molar-refractivity contribution in [1.29, 1.82) is 0 Å². The van der Waals surface area contributed by atoms with E-state index in [2.05, 4.69) is 125 Å². The molecule has 0 amide bonds. The molecule has 2 N–H and O–H groups in total. The molecular weight excluding hydrogens is 614 g/mol. The average Bonchev–Trinajstić information content (AvgIpc) is 2.97. The first-order chi connectivity index (χ1) is 21.6. The van der Waals surface area contributed by atoms with E-state index in [-0.39, 0.29) is 0 Å². The van der Waals surface area contributed by atoms with Gasteiger partial charge in [-0.05, 0) is 130 Å². The molecule has 0 bridgehead atoms. The van der Waals surface area contributed by atoms with E-state index < -0.39 is 0 Å². The highest BCUT2D eigenvalue weighted by Gasteiger charge is 2.09. The fourth-order valence-corrected chi connectivity index (χ4v) is 6.30. The summed E-state index contributed by atoms with van der Waals surface area (Å²) < 4.78 is 0.879. The van der Waals surface area contributed by atoms with Gasteiger partial charge in [-0.1, -0.05) is 106 Å². The number of nitrogens with zero attached hydrogens (tertiary/aromatic N) is 2. The minimum atomic E-state index is 0.861. The molecule has 2 heterocycles. The summed E-state index contributed by atoms with van der Waals surface area (Å²) in [6.45, 7) is 18.3. The molecular formula is C41H58BrN3. The van der Waals surface area contributed by atoms with Crippen molar-refractivity contribution in [3.8, 4) is 22.5 Å². The second-order valence-electron chi connectivity index (χ2n) is 12.4. The summed E-state index contributed by atoms with van der Waals surface area (Å²) in [6, 6.07) is 21.4. The van der Waals surface area contributed by atoms with Gasteiger partial charge < -0.3 is 5.73 Å². The van der Waals surface area contributed by atoms with Crippen LogP contribution >= 0.6 is 15.9 Å². The predicted molar refractivity (Wildman–Crippen MR) is 201 cm³/mol. The molecule has 0 saturated carbocycles. The van der Waals surface area contributed by atoms with E-state index in [1.807, 2.05) is 12.1 Å². The number of unbranched alkanes of at least 4 members (excludes halogenated alkanes) is 7. The molecule has 2 aromatic heterocycles. The molecule has 0 aliphatic rings. The Morgan fingerprint density at radius 1 is 0.556 bits per heavy atom. The minimum absolute atomic E-state index is 0.861. The normalized spacial score (nSPS) is 10.5. The van der Waals surface area contributed by atoms with E-state index in [0.29, 0.717) is 0 Å². The molecule has 244 valence electrons. The van der Waals surface area contributed by atoms with E-state index in [0.717, 1.165) is 29.0 Å². The molecule has 4 rings (SSSR count). The molecule has 0 fully saturated rings. The summed E-state index contributed by atoms with van der Waals surface area (Å²) in [4.78, 5) is 9.42. The van der Waals surface area contributed by atoms with Gasteiger partial charge in [0.25, 0.3) is 0 Å². The van der Waals surface area contributed by atoms with Gasteiger partial charge in [-0.3, -0.25) is 4.98 Å². The van der Waals surface area contributed by atoms with E-state index in [1.165, 1.54) is 108 Å². The van der Waals surface area contributed by atoms with Crippen LogP contribution in [0.1, 0.15) is 111 Å². The number of pyridine rings is 2. The van der Waals surface area contributed by atoms with Crippen molar-refractivity contribution in [2.45, 2.75) is 120 Å². The van der Waals surface area contributed by atoms with Crippen LogP contribution < -0.4 is 5.73 Å². The standard InChI is InChI=1S/C21H29N.C14H14BrN.C6H15N/c1-5-6-7-8-9-11-19-12-10-13-20(22-19)21-17(3)14-16(2)15-18(21)4;1-9-7-10(2)14(11(3)8-9)12-5-4-6-13(15)16-12;1-2-3-4-5-6-7/h10,12-15H,5-9,11H2,1-4H3;4-8H,1-3H3;2-7H2,1H3. The van der Waals surface area contributed by atoms with Crippen molar-refractivity contribution in [2.75, 3.05) is 6.54 Å². The highest BCUT2D eigenvalue weighted by Crippen LogP contribution is 2.28. The lowest BCUT2D eigenvalue weighted by atomic mass is 9.96. The number of halogens is 1. The second kappa shape index (κ2) is 21.1. The highest BCUT2D eigenvalue weighted by molar-refractivity contribution is 9.10. The van der Waals surface area contributed by atoms with Crippen molar-refractivity contribution in [1.82, 2.24) is 9.97 Å². The molecule has 0 unspecified atom stereocenters. The number of rotatable bonds is 12. The van der Waals surface area contributed by atoms with Gasteiger partial charge in [-0.2, -0.15) is 0 Å². The second-order valence-corrected chi connectivity index (χ2v) is 13.2. The molecule has 0 aliphatic heterocycles. The summed E-state index contributed by atoms with van der Waals surface area (Å²) >= 11 is 3.41. The maximum atomic E-state index is 5.27. The number of benzene rings is 2. The van der Waals surface area contributed by atoms with E-state index >= 15 is 0 Å². The molecule has 45 heavy (non-hydrogen) atoms. The first-order valence-corrected chi connectivity index (χ1v) is 17.8. The van der Waals surface area contributed by atoms with Gasteiger partial charge in [0.1, 0.15) is 4.60 Å². The van der Waals surface area contributed by atoms with Crippen molar-refractivity contribution in [3.63, 3.8) is 0 Å². The van der Waals surface area contributed by atoms with Gasteiger partial charge >= 0.3 is 0 Å². The molecule has 0 aliphatic carbocycles. The first-order valence-electron chi connectivity index (χ1n) is 17.1. The van der Waals surface area contributed by atoms with Gasteiger partial charge in [0.15, 0.2) is 0 Å².